The van der Waals surface area contributed by atoms with E-state index >= 15 is 0 Å². The molecule has 8 heteroatoms. The summed E-state index contributed by atoms with van der Waals surface area (Å²) in [5, 5.41) is 1.99. The number of benzene rings is 3. The van der Waals surface area contributed by atoms with Crippen LogP contribution in [0.1, 0.15) is 22.4 Å². The Morgan fingerprint density at radius 3 is 2.26 bits per heavy atom. The van der Waals surface area contributed by atoms with Crippen LogP contribution in [-0.2, 0) is 6.18 Å². The molecule has 0 atom stereocenters. The van der Waals surface area contributed by atoms with E-state index in [1.165, 1.54) is 0 Å². The third-order valence-electron chi connectivity index (χ3n) is 6.60. The van der Waals surface area contributed by atoms with Gasteiger partial charge in [0.05, 0.1) is 34.7 Å². The Balaban J connectivity index is 1.56. The number of pyridine rings is 1. The molecule has 0 radical (unpaired) electrons. The molecule has 0 amide bonds. The van der Waals surface area contributed by atoms with Gasteiger partial charge in [0.15, 0.2) is 5.82 Å². The summed E-state index contributed by atoms with van der Waals surface area (Å²) in [4.78, 5) is 13.1. The van der Waals surface area contributed by atoms with Crippen LogP contribution in [0.5, 0.6) is 11.6 Å². The Bertz CT molecular complexity index is 1860. The van der Waals surface area contributed by atoms with E-state index in [0.29, 0.717) is 16.9 Å². The highest BCUT2D eigenvalue weighted by Crippen LogP contribution is 2.39. The topological polar surface area (TPSA) is 52.8 Å². The lowest BCUT2D eigenvalue weighted by Gasteiger charge is -2.14. The minimum Gasteiger partial charge on any atom is -0.439 e. The van der Waals surface area contributed by atoms with Crippen molar-refractivity contribution in [3.8, 4) is 28.6 Å². The Kier molecular flexibility index (Phi) is 5.83. The lowest BCUT2D eigenvalue weighted by Crippen LogP contribution is -2.05. The lowest BCUT2D eigenvalue weighted by molar-refractivity contribution is -0.137. The molecule has 0 fully saturated rings. The third kappa shape index (κ3) is 4.69. The molecule has 3 aromatic carbocycles. The number of hydrogen-bond donors (Lipinski definition) is 0. The fraction of sp³-hybridized carbons (Fsp3) is 0.129. The van der Waals surface area contributed by atoms with Gasteiger partial charge in [0, 0.05) is 23.0 Å². The smallest absolute Gasteiger partial charge is 0.416 e. The SMILES string of the molecule is Cc1ccnc(Oc2cc(-c3ccc4c5cc(C)ccc5n(-c5cnc(C)cn5)c4c3)cc(C(F)(F)F)c2)c1. The van der Waals surface area contributed by atoms with Crippen LogP contribution < -0.4 is 4.74 Å². The van der Waals surface area contributed by atoms with Crippen molar-refractivity contribution in [2.45, 2.75) is 26.9 Å². The molecule has 3 heterocycles. The number of rotatable bonds is 4. The van der Waals surface area contributed by atoms with E-state index in [1.54, 1.807) is 36.8 Å². The molecule has 5 nitrogen and oxygen atoms in total. The van der Waals surface area contributed by atoms with Gasteiger partial charge in [-0.1, -0.05) is 23.8 Å². The second-order valence-corrected chi connectivity index (χ2v) is 9.62. The van der Waals surface area contributed by atoms with E-state index in [4.69, 9.17) is 4.74 Å². The molecule has 0 N–H and O–H groups in total. The van der Waals surface area contributed by atoms with Crippen LogP contribution in [0.15, 0.2) is 85.3 Å². The van der Waals surface area contributed by atoms with Crippen molar-refractivity contribution in [2.24, 2.45) is 0 Å². The number of aromatic nitrogens is 4. The summed E-state index contributed by atoms with van der Waals surface area (Å²) < 4.78 is 49.5. The van der Waals surface area contributed by atoms with Gasteiger partial charge < -0.3 is 4.74 Å². The van der Waals surface area contributed by atoms with Crippen molar-refractivity contribution < 1.29 is 17.9 Å². The van der Waals surface area contributed by atoms with E-state index in [9.17, 15) is 13.2 Å². The second-order valence-electron chi connectivity index (χ2n) is 9.62. The zero-order valence-corrected chi connectivity index (χ0v) is 21.4. The minimum atomic E-state index is -4.55. The molecule has 0 aliphatic carbocycles. The van der Waals surface area contributed by atoms with Crippen LogP contribution in [0, 0.1) is 20.8 Å². The van der Waals surface area contributed by atoms with E-state index < -0.39 is 11.7 Å². The first-order valence-corrected chi connectivity index (χ1v) is 12.3. The maximum absolute atomic E-state index is 13.9. The molecule has 0 unspecified atom stereocenters. The van der Waals surface area contributed by atoms with E-state index in [0.717, 1.165) is 50.8 Å². The highest BCUT2D eigenvalue weighted by Gasteiger charge is 2.32. The summed E-state index contributed by atoms with van der Waals surface area (Å²) in [6, 6.07) is 19.0. The number of fused-ring (bicyclic) bond motifs is 3. The number of ether oxygens (including phenoxy) is 1. The molecule has 0 bridgehead atoms. The van der Waals surface area contributed by atoms with Crippen molar-refractivity contribution in [1.82, 2.24) is 19.5 Å². The fourth-order valence-electron chi connectivity index (χ4n) is 4.74. The van der Waals surface area contributed by atoms with Gasteiger partial charge in [-0.05, 0) is 79.9 Å². The van der Waals surface area contributed by atoms with Crippen LogP contribution in [0.25, 0.3) is 38.8 Å². The fourth-order valence-corrected chi connectivity index (χ4v) is 4.74. The molecular formula is C31H23F3N4O. The van der Waals surface area contributed by atoms with Gasteiger partial charge in [-0.25, -0.2) is 9.97 Å². The first kappa shape index (κ1) is 24.6. The number of aryl methyl sites for hydroxylation is 3. The predicted octanol–water partition coefficient (Wildman–Crippen LogP) is 8.37. The van der Waals surface area contributed by atoms with Gasteiger partial charge in [-0.15, -0.1) is 0 Å². The Labute approximate surface area is 222 Å². The van der Waals surface area contributed by atoms with Crippen molar-refractivity contribution >= 4 is 21.8 Å². The normalized spacial score (nSPS) is 11.8. The van der Waals surface area contributed by atoms with Gasteiger partial charge in [-0.2, -0.15) is 13.2 Å². The maximum atomic E-state index is 13.9. The summed E-state index contributed by atoms with van der Waals surface area (Å²) in [5.74, 6) is 0.906. The predicted molar refractivity (Wildman–Crippen MR) is 145 cm³/mol. The number of hydrogen-bond acceptors (Lipinski definition) is 4. The van der Waals surface area contributed by atoms with E-state index in [-0.39, 0.29) is 11.6 Å². The van der Waals surface area contributed by atoms with Gasteiger partial charge >= 0.3 is 6.18 Å². The van der Waals surface area contributed by atoms with E-state index in [1.807, 2.05) is 55.7 Å². The third-order valence-corrected chi connectivity index (χ3v) is 6.60. The molecule has 0 spiro atoms. The van der Waals surface area contributed by atoms with Gasteiger partial charge in [0.2, 0.25) is 5.88 Å². The second kappa shape index (κ2) is 9.23. The molecule has 0 aliphatic heterocycles. The summed E-state index contributed by atoms with van der Waals surface area (Å²) in [6.45, 7) is 5.75. The summed E-state index contributed by atoms with van der Waals surface area (Å²) in [6.07, 6.45) is 0.399. The molecule has 0 saturated heterocycles. The van der Waals surface area contributed by atoms with Crippen LogP contribution in [0.4, 0.5) is 13.2 Å². The summed E-state index contributed by atoms with van der Waals surface area (Å²) >= 11 is 0. The first-order chi connectivity index (χ1) is 18.7. The Hall–Kier alpha value is -4.72. The van der Waals surface area contributed by atoms with Crippen molar-refractivity contribution in [3.05, 3.63) is 108 Å². The molecular weight excluding hydrogens is 501 g/mol. The number of nitrogens with zero attached hydrogens (tertiary/aromatic N) is 4. The number of halogens is 3. The lowest BCUT2D eigenvalue weighted by atomic mass is 10.0. The highest BCUT2D eigenvalue weighted by molar-refractivity contribution is 6.10. The standard InChI is InChI=1S/C31H23F3N4O/c1-18-4-7-27-26(10-18)25-6-5-21(14-28(25)38(27)29-17-36-20(3)16-37-29)22-12-23(31(32,33)34)15-24(13-22)39-30-11-19(2)8-9-35-30/h4-17H,1-3H3. The average molecular weight is 525 g/mol. The van der Waals surface area contributed by atoms with Gasteiger partial charge in [0.25, 0.3) is 0 Å². The van der Waals surface area contributed by atoms with Crippen molar-refractivity contribution in [1.29, 1.82) is 0 Å². The Morgan fingerprint density at radius 2 is 1.51 bits per heavy atom. The molecule has 194 valence electrons. The molecule has 3 aromatic heterocycles. The van der Waals surface area contributed by atoms with Crippen LogP contribution >= 0.6 is 0 Å². The van der Waals surface area contributed by atoms with Gasteiger partial charge in [0.1, 0.15) is 5.75 Å². The molecule has 0 saturated carbocycles. The maximum Gasteiger partial charge on any atom is 0.416 e. The average Bonchev–Trinajstić information content (AvgIpc) is 3.21. The van der Waals surface area contributed by atoms with Crippen LogP contribution in [0.3, 0.4) is 0 Å². The molecule has 6 rings (SSSR count). The number of alkyl halides is 3. The largest absolute Gasteiger partial charge is 0.439 e. The quantitative estimate of drug-likeness (QED) is 0.232. The van der Waals surface area contributed by atoms with E-state index in [2.05, 4.69) is 21.0 Å². The highest BCUT2D eigenvalue weighted by atomic mass is 19.4. The van der Waals surface area contributed by atoms with Gasteiger partial charge in [-0.3, -0.25) is 9.55 Å². The Morgan fingerprint density at radius 1 is 0.692 bits per heavy atom. The summed E-state index contributed by atoms with van der Waals surface area (Å²) in [5.41, 5.74) is 4.70. The molecule has 6 aromatic rings. The molecule has 39 heavy (non-hydrogen) atoms. The first-order valence-electron chi connectivity index (χ1n) is 12.3. The van der Waals surface area contributed by atoms with Crippen LogP contribution in [-0.4, -0.2) is 19.5 Å². The van der Waals surface area contributed by atoms with Crippen molar-refractivity contribution in [2.75, 3.05) is 0 Å². The van der Waals surface area contributed by atoms with Crippen LogP contribution in [0.2, 0.25) is 0 Å². The minimum absolute atomic E-state index is 0.0543. The summed E-state index contributed by atoms with van der Waals surface area (Å²) in [7, 11) is 0. The van der Waals surface area contributed by atoms with Crippen molar-refractivity contribution in [3.63, 3.8) is 0 Å². The molecule has 0 aliphatic rings. The zero-order chi connectivity index (χ0) is 27.3. The zero-order valence-electron chi connectivity index (χ0n) is 21.4. The monoisotopic (exact) mass is 524 g/mol.